The van der Waals surface area contributed by atoms with E-state index >= 15 is 0 Å². The Morgan fingerprint density at radius 2 is 2.28 bits per heavy atom. The number of carbonyl (C=O) groups is 1. The number of H-pyrrole nitrogens is 1. The minimum Gasteiger partial charge on any atom is -0.326 e. The quantitative estimate of drug-likeness (QED) is 0.833. The van der Waals surface area contributed by atoms with Crippen LogP contribution in [0.3, 0.4) is 0 Å². The van der Waals surface area contributed by atoms with E-state index in [1.807, 2.05) is 31.2 Å². The monoisotopic (exact) mass is 241 g/mol. The van der Waals surface area contributed by atoms with Crippen molar-refractivity contribution < 1.29 is 4.79 Å². The minimum atomic E-state index is -0.118. The molecular weight excluding hydrogens is 226 g/mol. The fraction of sp³-hybridized carbons (Fsp3) is 0.286. The lowest BCUT2D eigenvalue weighted by atomic mass is 10.2. The first-order valence-electron chi connectivity index (χ1n) is 5.93. The number of benzene rings is 1. The number of rotatable bonds is 4. The van der Waals surface area contributed by atoms with Crippen LogP contribution in [-0.2, 0) is 0 Å². The number of fused-ring (bicyclic) bond motifs is 1. The molecular formula is C14H15N3O. The van der Waals surface area contributed by atoms with Gasteiger partial charge in [0.1, 0.15) is 0 Å². The SMILES string of the molecule is C#CCN(CCC)C(=O)c1n[nH]c2ccccc12. The van der Waals surface area contributed by atoms with Crippen molar-refractivity contribution in [3.8, 4) is 12.3 Å². The molecule has 0 aliphatic rings. The lowest BCUT2D eigenvalue weighted by Gasteiger charge is -2.18. The zero-order chi connectivity index (χ0) is 13.0. The van der Waals surface area contributed by atoms with Crippen molar-refractivity contribution >= 4 is 16.8 Å². The molecule has 1 N–H and O–H groups in total. The van der Waals surface area contributed by atoms with Gasteiger partial charge in [-0.3, -0.25) is 9.89 Å². The van der Waals surface area contributed by atoms with Crippen LogP contribution in [0, 0.1) is 12.3 Å². The molecule has 0 atom stereocenters. The third kappa shape index (κ3) is 2.21. The molecule has 1 amide bonds. The van der Waals surface area contributed by atoms with Gasteiger partial charge in [-0.05, 0) is 12.5 Å². The highest BCUT2D eigenvalue weighted by atomic mass is 16.2. The van der Waals surface area contributed by atoms with E-state index in [0.717, 1.165) is 17.3 Å². The van der Waals surface area contributed by atoms with Crippen LogP contribution in [0.2, 0.25) is 0 Å². The molecule has 2 aromatic rings. The Bertz CT molecular complexity index is 594. The van der Waals surface area contributed by atoms with Crippen LogP contribution in [0.15, 0.2) is 24.3 Å². The molecule has 0 aliphatic heterocycles. The van der Waals surface area contributed by atoms with Crippen LogP contribution in [0.4, 0.5) is 0 Å². The number of hydrogen-bond acceptors (Lipinski definition) is 2. The Morgan fingerprint density at radius 1 is 1.50 bits per heavy atom. The summed E-state index contributed by atoms with van der Waals surface area (Å²) < 4.78 is 0. The van der Waals surface area contributed by atoms with E-state index in [1.165, 1.54) is 0 Å². The maximum absolute atomic E-state index is 12.3. The van der Waals surface area contributed by atoms with Gasteiger partial charge in [0.15, 0.2) is 5.69 Å². The highest BCUT2D eigenvalue weighted by Crippen LogP contribution is 2.16. The van der Waals surface area contributed by atoms with Gasteiger partial charge in [0, 0.05) is 11.9 Å². The van der Waals surface area contributed by atoms with E-state index in [0.29, 0.717) is 18.8 Å². The molecule has 0 spiro atoms. The smallest absolute Gasteiger partial charge is 0.275 e. The molecule has 0 radical (unpaired) electrons. The number of aromatic nitrogens is 2. The van der Waals surface area contributed by atoms with Gasteiger partial charge >= 0.3 is 0 Å². The van der Waals surface area contributed by atoms with E-state index in [4.69, 9.17) is 6.42 Å². The molecule has 4 nitrogen and oxygen atoms in total. The van der Waals surface area contributed by atoms with E-state index in [2.05, 4.69) is 16.1 Å². The Balaban J connectivity index is 2.35. The largest absolute Gasteiger partial charge is 0.326 e. The second-order valence-corrected chi connectivity index (χ2v) is 4.05. The lowest BCUT2D eigenvalue weighted by Crippen LogP contribution is -2.32. The first-order chi connectivity index (χ1) is 8.77. The topological polar surface area (TPSA) is 49.0 Å². The second-order valence-electron chi connectivity index (χ2n) is 4.05. The Labute approximate surface area is 106 Å². The summed E-state index contributed by atoms with van der Waals surface area (Å²) in [6.07, 6.45) is 6.16. The molecule has 0 saturated heterocycles. The standard InChI is InChI=1S/C14H15N3O/c1-3-9-17(10-4-2)14(18)13-11-7-5-6-8-12(11)15-16-13/h1,5-8H,4,9-10H2,2H3,(H,15,16). The molecule has 92 valence electrons. The summed E-state index contributed by atoms with van der Waals surface area (Å²) in [5.74, 6) is 2.39. The number of amides is 1. The zero-order valence-electron chi connectivity index (χ0n) is 10.3. The summed E-state index contributed by atoms with van der Waals surface area (Å²) in [6, 6.07) is 7.57. The lowest BCUT2D eigenvalue weighted by molar-refractivity contribution is 0.0773. The second kappa shape index (κ2) is 5.37. The van der Waals surface area contributed by atoms with Crippen molar-refractivity contribution in [2.45, 2.75) is 13.3 Å². The molecule has 0 bridgehead atoms. The van der Waals surface area contributed by atoms with Gasteiger partial charge in [-0.25, -0.2) is 0 Å². The van der Waals surface area contributed by atoms with Gasteiger partial charge in [0.25, 0.3) is 5.91 Å². The van der Waals surface area contributed by atoms with E-state index in [9.17, 15) is 4.79 Å². The van der Waals surface area contributed by atoms with Crippen molar-refractivity contribution in [1.29, 1.82) is 0 Å². The number of nitrogens with zero attached hydrogens (tertiary/aromatic N) is 2. The van der Waals surface area contributed by atoms with Crippen molar-refractivity contribution in [3.05, 3.63) is 30.0 Å². The minimum absolute atomic E-state index is 0.118. The summed E-state index contributed by atoms with van der Waals surface area (Å²) in [5.41, 5.74) is 1.30. The number of hydrogen-bond donors (Lipinski definition) is 1. The average Bonchev–Trinajstić information content (AvgIpc) is 2.81. The summed E-state index contributed by atoms with van der Waals surface area (Å²) in [7, 11) is 0. The summed E-state index contributed by atoms with van der Waals surface area (Å²) in [4.78, 5) is 14.0. The number of terminal acetylenes is 1. The molecule has 0 unspecified atom stereocenters. The van der Waals surface area contributed by atoms with Gasteiger partial charge in [0.05, 0.1) is 12.1 Å². The zero-order valence-corrected chi connectivity index (χ0v) is 10.3. The summed E-state index contributed by atoms with van der Waals surface area (Å²) in [5, 5.41) is 7.79. The van der Waals surface area contributed by atoms with Crippen LogP contribution < -0.4 is 0 Å². The molecule has 18 heavy (non-hydrogen) atoms. The normalized spacial score (nSPS) is 10.2. The van der Waals surface area contributed by atoms with Crippen LogP contribution >= 0.6 is 0 Å². The van der Waals surface area contributed by atoms with E-state index < -0.39 is 0 Å². The van der Waals surface area contributed by atoms with Gasteiger partial charge in [-0.1, -0.05) is 31.0 Å². The van der Waals surface area contributed by atoms with Crippen molar-refractivity contribution in [2.75, 3.05) is 13.1 Å². The molecule has 1 aromatic carbocycles. The van der Waals surface area contributed by atoms with Crippen LogP contribution in [0.5, 0.6) is 0 Å². The van der Waals surface area contributed by atoms with Crippen LogP contribution in [-0.4, -0.2) is 34.1 Å². The summed E-state index contributed by atoms with van der Waals surface area (Å²) in [6.45, 7) is 2.97. The highest BCUT2D eigenvalue weighted by Gasteiger charge is 2.19. The van der Waals surface area contributed by atoms with Crippen LogP contribution in [0.1, 0.15) is 23.8 Å². The first kappa shape index (κ1) is 12.2. The predicted octanol–water partition coefficient (Wildman–Crippen LogP) is 2.05. The van der Waals surface area contributed by atoms with Crippen molar-refractivity contribution in [2.24, 2.45) is 0 Å². The molecule has 1 heterocycles. The predicted molar refractivity (Wildman–Crippen MR) is 71.1 cm³/mol. The highest BCUT2D eigenvalue weighted by molar-refractivity contribution is 6.04. The fourth-order valence-electron chi connectivity index (χ4n) is 1.91. The van der Waals surface area contributed by atoms with Gasteiger partial charge in [-0.2, -0.15) is 5.10 Å². The fourth-order valence-corrected chi connectivity index (χ4v) is 1.91. The Hall–Kier alpha value is -2.28. The Morgan fingerprint density at radius 3 is 3.00 bits per heavy atom. The molecule has 0 saturated carbocycles. The van der Waals surface area contributed by atoms with Crippen LogP contribution in [0.25, 0.3) is 10.9 Å². The van der Waals surface area contributed by atoms with Gasteiger partial charge in [0.2, 0.25) is 0 Å². The molecule has 1 aromatic heterocycles. The third-order valence-electron chi connectivity index (χ3n) is 2.74. The number of carbonyl (C=O) groups excluding carboxylic acids is 1. The number of nitrogens with one attached hydrogen (secondary N) is 1. The van der Waals surface area contributed by atoms with Gasteiger partial charge in [-0.15, -0.1) is 6.42 Å². The van der Waals surface area contributed by atoms with E-state index in [-0.39, 0.29) is 5.91 Å². The average molecular weight is 241 g/mol. The third-order valence-corrected chi connectivity index (χ3v) is 2.74. The summed E-state index contributed by atoms with van der Waals surface area (Å²) >= 11 is 0. The van der Waals surface area contributed by atoms with Crippen molar-refractivity contribution in [3.63, 3.8) is 0 Å². The molecule has 2 rings (SSSR count). The Kier molecular flexibility index (Phi) is 3.63. The maximum atomic E-state index is 12.3. The van der Waals surface area contributed by atoms with Crippen molar-refractivity contribution in [1.82, 2.24) is 15.1 Å². The molecule has 0 aliphatic carbocycles. The van der Waals surface area contributed by atoms with E-state index in [1.54, 1.807) is 4.90 Å². The van der Waals surface area contributed by atoms with Gasteiger partial charge < -0.3 is 4.90 Å². The maximum Gasteiger partial charge on any atom is 0.275 e. The molecule has 4 heteroatoms. The first-order valence-corrected chi connectivity index (χ1v) is 5.93. The number of aromatic amines is 1. The number of para-hydroxylation sites is 1. The molecule has 0 fully saturated rings.